The molecule has 6 nitrogen and oxygen atoms in total. The van der Waals surface area contributed by atoms with Gasteiger partial charge in [0.15, 0.2) is 0 Å². The highest BCUT2D eigenvalue weighted by Gasteiger charge is 2.22. The predicted molar refractivity (Wildman–Crippen MR) is 119 cm³/mol. The van der Waals surface area contributed by atoms with Crippen molar-refractivity contribution >= 4 is 11.0 Å². The molecule has 2 atom stereocenters. The molecule has 1 N–H and O–H groups in total. The van der Waals surface area contributed by atoms with Crippen LogP contribution in [0.5, 0.6) is 6.01 Å². The average molecular weight is 409 g/mol. The monoisotopic (exact) mass is 408 g/mol. The molecule has 0 amide bonds. The fourth-order valence-corrected chi connectivity index (χ4v) is 4.12. The number of nitrogens with one attached hydrogen (secondary N) is 1. The van der Waals surface area contributed by atoms with Gasteiger partial charge in [0, 0.05) is 37.8 Å². The molecule has 3 heterocycles. The van der Waals surface area contributed by atoms with E-state index in [0.717, 1.165) is 55.5 Å². The van der Waals surface area contributed by atoms with Crippen LogP contribution in [0.25, 0.3) is 11.0 Å². The summed E-state index contributed by atoms with van der Waals surface area (Å²) in [6, 6.07) is 9.39. The minimum Gasteiger partial charge on any atom is -0.463 e. The maximum absolute atomic E-state index is 5.84. The van der Waals surface area contributed by atoms with E-state index in [1.54, 1.807) is 6.20 Å². The van der Waals surface area contributed by atoms with Crippen molar-refractivity contribution in [3.63, 3.8) is 0 Å². The van der Waals surface area contributed by atoms with Crippen molar-refractivity contribution in [1.29, 1.82) is 0 Å². The lowest BCUT2D eigenvalue weighted by Crippen LogP contribution is -2.44. The molecule has 1 aliphatic heterocycles. The second-order valence-corrected chi connectivity index (χ2v) is 8.38. The van der Waals surface area contributed by atoms with Gasteiger partial charge in [-0.1, -0.05) is 37.6 Å². The molecular weight excluding hydrogens is 376 g/mol. The molecule has 1 saturated heterocycles. The van der Waals surface area contributed by atoms with Gasteiger partial charge < -0.3 is 14.5 Å². The molecule has 0 bridgehead atoms. The van der Waals surface area contributed by atoms with Gasteiger partial charge in [-0.15, -0.1) is 0 Å². The first kappa shape index (κ1) is 20.8. The van der Waals surface area contributed by atoms with Crippen molar-refractivity contribution < 1.29 is 9.47 Å². The van der Waals surface area contributed by atoms with Crippen molar-refractivity contribution in [3.05, 3.63) is 53.3 Å². The Balaban J connectivity index is 1.41. The number of aromatic nitrogens is 3. The topological polar surface area (TPSA) is 63.3 Å². The number of rotatable bonds is 8. The maximum Gasteiger partial charge on any atom is 0.317 e. The molecule has 6 heteroatoms. The number of unbranched alkanes of at least 4 members (excludes halogenated alkanes) is 1. The third kappa shape index (κ3) is 5.18. The number of nitrogens with zero attached hydrogens (tertiary/aromatic N) is 3. The van der Waals surface area contributed by atoms with E-state index in [-0.39, 0.29) is 0 Å². The first-order valence-electron chi connectivity index (χ1n) is 11.0. The number of fused-ring (bicyclic) bond motifs is 1. The number of hydrogen-bond acceptors (Lipinski definition) is 5. The van der Waals surface area contributed by atoms with Crippen LogP contribution >= 0.6 is 0 Å². The summed E-state index contributed by atoms with van der Waals surface area (Å²) in [6.07, 6.45) is 7.37. The second-order valence-electron chi connectivity index (χ2n) is 8.38. The molecule has 4 rings (SSSR count). The first-order valence-corrected chi connectivity index (χ1v) is 11.0. The van der Waals surface area contributed by atoms with E-state index in [2.05, 4.69) is 64.9 Å². The summed E-state index contributed by atoms with van der Waals surface area (Å²) in [4.78, 5) is 14.7. The second kappa shape index (κ2) is 9.58. The summed E-state index contributed by atoms with van der Waals surface area (Å²) in [5, 5.41) is 0. The van der Waals surface area contributed by atoms with E-state index in [1.165, 1.54) is 11.1 Å². The van der Waals surface area contributed by atoms with Gasteiger partial charge in [-0.2, -0.15) is 4.98 Å². The first-order chi connectivity index (χ1) is 14.6. The number of aromatic amines is 1. The molecule has 1 aliphatic rings. The van der Waals surface area contributed by atoms with Crippen LogP contribution in [0, 0.1) is 0 Å². The van der Waals surface area contributed by atoms with Gasteiger partial charge in [0.05, 0.1) is 36.0 Å². The Hall–Kier alpha value is -2.44. The molecule has 0 radical (unpaired) electrons. The Morgan fingerprint density at radius 2 is 1.87 bits per heavy atom. The summed E-state index contributed by atoms with van der Waals surface area (Å²) in [5.74, 6) is 0. The molecule has 1 fully saturated rings. The zero-order valence-corrected chi connectivity index (χ0v) is 18.2. The van der Waals surface area contributed by atoms with Crippen LogP contribution in [-0.2, 0) is 17.7 Å². The summed E-state index contributed by atoms with van der Waals surface area (Å²) < 4.78 is 11.5. The van der Waals surface area contributed by atoms with Gasteiger partial charge in [0.2, 0.25) is 0 Å². The van der Waals surface area contributed by atoms with Crippen molar-refractivity contribution in [2.45, 2.75) is 58.8 Å². The molecule has 30 heavy (non-hydrogen) atoms. The Labute approximate surface area is 178 Å². The average Bonchev–Trinajstić information content (AvgIpc) is 3.11. The Bertz CT molecular complexity index is 943. The molecule has 1 aromatic carbocycles. The highest BCUT2D eigenvalue weighted by atomic mass is 16.5. The van der Waals surface area contributed by atoms with E-state index >= 15 is 0 Å². The molecule has 3 aromatic rings. The minimum absolute atomic E-state index is 0.299. The number of benzene rings is 1. The lowest BCUT2D eigenvalue weighted by Gasteiger charge is -2.35. The van der Waals surface area contributed by atoms with Gasteiger partial charge in [-0.3, -0.25) is 4.90 Å². The third-order valence-electron chi connectivity index (χ3n) is 5.52. The van der Waals surface area contributed by atoms with Crippen LogP contribution in [0.15, 0.2) is 36.7 Å². The summed E-state index contributed by atoms with van der Waals surface area (Å²) in [5.41, 5.74) is 5.66. The number of morpholine rings is 1. The zero-order chi connectivity index (χ0) is 20.9. The van der Waals surface area contributed by atoms with Crippen LogP contribution < -0.4 is 4.74 Å². The third-order valence-corrected chi connectivity index (χ3v) is 5.52. The van der Waals surface area contributed by atoms with Gasteiger partial charge in [-0.25, -0.2) is 4.98 Å². The van der Waals surface area contributed by atoms with Gasteiger partial charge >= 0.3 is 6.01 Å². The Morgan fingerprint density at radius 1 is 1.13 bits per heavy atom. The van der Waals surface area contributed by atoms with Crippen LogP contribution in [0.4, 0.5) is 0 Å². The summed E-state index contributed by atoms with van der Waals surface area (Å²) >= 11 is 0. The van der Waals surface area contributed by atoms with Crippen molar-refractivity contribution in [1.82, 2.24) is 19.9 Å². The maximum atomic E-state index is 5.84. The van der Waals surface area contributed by atoms with Gasteiger partial charge in [-0.05, 0) is 31.4 Å². The molecule has 2 aromatic heterocycles. The summed E-state index contributed by atoms with van der Waals surface area (Å²) in [6.45, 7) is 10.0. The van der Waals surface area contributed by atoms with E-state index in [1.807, 2.05) is 6.20 Å². The van der Waals surface area contributed by atoms with Crippen molar-refractivity contribution in [2.75, 3.05) is 19.7 Å². The summed E-state index contributed by atoms with van der Waals surface area (Å²) in [7, 11) is 0. The lowest BCUT2D eigenvalue weighted by molar-refractivity contribution is -0.0704. The van der Waals surface area contributed by atoms with Crippen LogP contribution in [0.1, 0.15) is 50.3 Å². The van der Waals surface area contributed by atoms with Crippen molar-refractivity contribution in [2.24, 2.45) is 0 Å². The fourth-order valence-electron chi connectivity index (χ4n) is 4.12. The predicted octanol–water partition coefficient (Wildman–Crippen LogP) is 4.34. The molecule has 2 unspecified atom stereocenters. The quantitative estimate of drug-likeness (QED) is 0.562. The van der Waals surface area contributed by atoms with E-state index in [0.29, 0.717) is 24.8 Å². The molecule has 0 saturated carbocycles. The Morgan fingerprint density at radius 3 is 2.60 bits per heavy atom. The normalized spacial score (nSPS) is 20.0. The van der Waals surface area contributed by atoms with Crippen LogP contribution in [0.3, 0.4) is 0 Å². The van der Waals surface area contributed by atoms with Crippen LogP contribution in [0.2, 0.25) is 0 Å². The van der Waals surface area contributed by atoms with E-state index in [9.17, 15) is 0 Å². The molecular formula is C24H32N4O2. The number of H-pyrrole nitrogens is 1. The smallest absolute Gasteiger partial charge is 0.317 e. The van der Waals surface area contributed by atoms with Gasteiger partial charge in [0.1, 0.15) is 0 Å². The highest BCUT2D eigenvalue weighted by molar-refractivity contribution is 5.78. The number of ether oxygens (including phenoxy) is 2. The van der Waals surface area contributed by atoms with Crippen LogP contribution in [-0.4, -0.2) is 51.8 Å². The Kier molecular flexibility index (Phi) is 6.65. The van der Waals surface area contributed by atoms with E-state index < -0.39 is 0 Å². The molecule has 0 aliphatic carbocycles. The fraction of sp³-hybridized carbons (Fsp3) is 0.500. The van der Waals surface area contributed by atoms with Crippen molar-refractivity contribution in [3.8, 4) is 6.01 Å². The SMILES string of the molecule is CCCCOc1ncc2[nH]cc(Cc3ccc(CN4CC(C)OC(C)C4)cc3)c2n1. The lowest BCUT2D eigenvalue weighted by atomic mass is 10.0. The minimum atomic E-state index is 0.299. The zero-order valence-electron chi connectivity index (χ0n) is 18.2. The number of hydrogen-bond donors (Lipinski definition) is 1. The standard InChI is InChI=1S/C24H32N4O2/c1-4-5-10-29-24-26-13-22-23(27-24)21(12-25-22)11-19-6-8-20(9-7-19)16-28-14-17(2)30-18(3)15-28/h6-9,12-13,17-18,25H,4-5,10-11,14-16H2,1-3H3. The largest absolute Gasteiger partial charge is 0.463 e. The van der Waals surface area contributed by atoms with E-state index in [4.69, 9.17) is 9.47 Å². The highest BCUT2D eigenvalue weighted by Crippen LogP contribution is 2.21. The van der Waals surface area contributed by atoms with Gasteiger partial charge in [0.25, 0.3) is 0 Å². The molecule has 0 spiro atoms. The molecule has 160 valence electrons.